The van der Waals surface area contributed by atoms with E-state index in [2.05, 4.69) is 11.4 Å². The number of ether oxygens (including phenoxy) is 4. The molecule has 2 aliphatic rings. The van der Waals surface area contributed by atoms with Gasteiger partial charge >= 0.3 is 0 Å². The molecule has 0 saturated carbocycles. The van der Waals surface area contributed by atoms with Crippen LogP contribution in [0.25, 0.3) is 0 Å². The smallest absolute Gasteiger partial charge is 0.273 e. The zero-order chi connectivity index (χ0) is 30.6. The molecule has 0 unspecified atom stereocenters. The topological polar surface area (TPSA) is 121 Å². The van der Waals surface area contributed by atoms with Crippen molar-refractivity contribution in [1.29, 1.82) is 0 Å². The number of nitrogens with zero attached hydrogens (tertiary/aromatic N) is 2. The first-order chi connectivity index (χ1) is 21.6. The van der Waals surface area contributed by atoms with Crippen LogP contribution in [0.1, 0.15) is 6.42 Å². The van der Waals surface area contributed by atoms with E-state index in [1.165, 1.54) is 12.1 Å². The number of nitro groups is 1. The molecule has 226 valence electrons. The van der Waals surface area contributed by atoms with Gasteiger partial charge in [0.2, 0.25) is 5.88 Å². The summed E-state index contributed by atoms with van der Waals surface area (Å²) in [4.78, 5) is 13.0. The van der Waals surface area contributed by atoms with E-state index in [0.29, 0.717) is 55.1 Å². The number of nitrogens with one attached hydrogen (secondary N) is 1. The number of fused-ring (bicyclic) bond motifs is 1. The minimum absolute atomic E-state index is 0.0573. The predicted molar refractivity (Wildman–Crippen MR) is 172 cm³/mol. The van der Waals surface area contributed by atoms with E-state index in [9.17, 15) is 10.1 Å². The maximum absolute atomic E-state index is 11.4. The Morgan fingerprint density at radius 2 is 1.89 bits per heavy atom. The number of para-hydroxylation sites is 1. The van der Waals surface area contributed by atoms with E-state index in [1.54, 1.807) is 18.2 Å². The second-order valence-electron chi connectivity index (χ2n) is 9.75. The van der Waals surface area contributed by atoms with E-state index in [4.69, 9.17) is 24.7 Å². The molecule has 44 heavy (non-hydrogen) atoms. The molecule has 1 aliphatic heterocycles. The Kier molecular flexibility index (Phi) is 10.2. The van der Waals surface area contributed by atoms with Crippen LogP contribution in [0.2, 0.25) is 0 Å². The number of benzene rings is 3. The fourth-order valence-electron chi connectivity index (χ4n) is 4.51. The summed E-state index contributed by atoms with van der Waals surface area (Å²) in [6, 6.07) is 19.5. The standard InChI is InChI=1S/C34H34N4O6/c35-26-15-18-31-33(24-26)44-34(37(31)20-23-42-29-10-4-1-2-5-11-29)14-8-9-21-43-32-25-27(38(39)40)16-17-30(32)36-19-22-41-28-12-6-3-7-13-28/h1-10,12-18,24-25,36H,11,19-23,35H2/b9-8+,34-14-. The van der Waals surface area contributed by atoms with Crippen molar-refractivity contribution in [1.82, 2.24) is 0 Å². The number of rotatable bonds is 14. The third-order valence-corrected chi connectivity index (χ3v) is 6.63. The van der Waals surface area contributed by atoms with Crippen molar-refractivity contribution in [3.8, 4) is 17.2 Å². The lowest BCUT2D eigenvalue weighted by Crippen LogP contribution is -2.24. The van der Waals surface area contributed by atoms with Gasteiger partial charge in [-0.3, -0.25) is 10.1 Å². The van der Waals surface area contributed by atoms with Crippen molar-refractivity contribution in [2.75, 3.05) is 48.9 Å². The summed E-state index contributed by atoms with van der Waals surface area (Å²) in [6.45, 7) is 2.10. The van der Waals surface area contributed by atoms with Gasteiger partial charge in [0.1, 0.15) is 31.3 Å². The number of nitrogens with two attached hydrogens (primary N) is 1. The van der Waals surface area contributed by atoms with Gasteiger partial charge in [0.15, 0.2) is 5.75 Å². The number of hydrogen-bond donors (Lipinski definition) is 2. The zero-order valence-corrected chi connectivity index (χ0v) is 24.1. The molecule has 0 spiro atoms. The predicted octanol–water partition coefficient (Wildman–Crippen LogP) is 6.76. The third kappa shape index (κ3) is 8.22. The molecule has 0 atom stereocenters. The summed E-state index contributed by atoms with van der Waals surface area (Å²) in [7, 11) is 0. The van der Waals surface area contributed by atoms with Crippen molar-refractivity contribution in [3.05, 3.63) is 137 Å². The first kappa shape index (κ1) is 29.8. The van der Waals surface area contributed by atoms with Gasteiger partial charge in [0.05, 0.1) is 34.7 Å². The van der Waals surface area contributed by atoms with Gasteiger partial charge in [-0.05, 0) is 48.6 Å². The lowest BCUT2D eigenvalue weighted by atomic mass is 10.2. The minimum atomic E-state index is -0.449. The van der Waals surface area contributed by atoms with E-state index in [1.807, 2.05) is 83.8 Å². The molecule has 3 aromatic carbocycles. The summed E-state index contributed by atoms with van der Waals surface area (Å²) in [5, 5.41) is 14.6. The normalized spacial score (nSPS) is 14.6. The fourth-order valence-corrected chi connectivity index (χ4v) is 4.51. The van der Waals surface area contributed by atoms with Gasteiger partial charge in [-0.15, -0.1) is 0 Å². The van der Waals surface area contributed by atoms with Gasteiger partial charge in [0.25, 0.3) is 5.69 Å². The van der Waals surface area contributed by atoms with Crippen LogP contribution in [0, 0.1) is 10.1 Å². The summed E-state index contributed by atoms with van der Waals surface area (Å²) < 4.78 is 23.8. The van der Waals surface area contributed by atoms with Crippen molar-refractivity contribution in [2.24, 2.45) is 0 Å². The van der Waals surface area contributed by atoms with E-state index in [-0.39, 0.29) is 12.3 Å². The minimum Gasteiger partial charge on any atom is -0.496 e. The quantitative estimate of drug-likeness (QED) is 0.0902. The van der Waals surface area contributed by atoms with Crippen LogP contribution < -0.4 is 30.2 Å². The van der Waals surface area contributed by atoms with Crippen LogP contribution in [0.3, 0.4) is 0 Å². The second kappa shape index (κ2) is 15.0. The Morgan fingerprint density at radius 1 is 1.00 bits per heavy atom. The van der Waals surface area contributed by atoms with E-state index in [0.717, 1.165) is 23.6 Å². The third-order valence-electron chi connectivity index (χ3n) is 6.63. The molecule has 0 aromatic heterocycles. The molecule has 5 rings (SSSR count). The molecule has 0 radical (unpaired) electrons. The Morgan fingerprint density at radius 3 is 2.75 bits per heavy atom. The molecule has 0 saturated heterocycles. The fraction of sp³-hybridized carbons (Fsp3) is 0.176. The number of allylic oxidation sites excluding steroid dienone is 7. The monoisotopic (exact) mass is 594 g/mol. The highest BCUT2D eigenvalue weighted by molar-refractivity contribution is 5.70. The lowest BCUT2D eigenvalue weighted by Gasteiger charge is -2.19. The number of anilines is 3. The van der Waals surface area contributed by atoms with Crippen LogP contribution in [-0.4, -0.2) is 37.8 Å². The molecule has 10 nitrogen and oxygen atoms in total. The Hall–Kier alpha value is -5.64. The summed E-state index contributed by atoms with van der Waals surface area (Å²) in [5.74, 6) is 3.33. The largest absolute Gasteiger partial charge is 0.496 e. The van der Waals surface area contributed by atoms with E-state index >= 15 is 0 Å². The second-order valence-corrected chi connectivity index (χ2v) is 9.75. The van der Waals surface area contributed by atoms with Crippen molar-refractivity contribution in [2.45, 2.75) is 6.42 Å². The highest BCUT2D eigenvalue weighted by Crippen LogP contribution is 2.40. The van der Waals surface area contributed by atoms with E-state index < -0.39 is 4.92 Å². The molecule has 0 amide bonds. The molecule has 1 heterocycles. The molecule has 10 heteroatoms. The Balaban J connectivity index is 1.19. The maximum Gasteiger partial charge on any atom is 0.273 e. The van der Waals surface area contributed by atoms with Gasteiger partial charge in [-0.25, -0.2) is 0 Å². The van der Waals surface area contributed by atoms with Gasteiger partial charge < -0.3 is 34.9 Å². The molecular weight excluding hydrogens is 560 g/mol. The van der Waals surface area contributed by atoms with Crippen molar-refractivity contribution in [3.63, 3.8) is 0 Å². The lowest BCUT2D eigenvalue weighted by molar-refractivity contribution is -0.384. The summed E-state index contributed by atoms with van der Waals surface area (Å²) in [5.41, 5.74) is 8.07. The van der Waals surface area contributed by atoms with Crippen LogP contribution in [0.5, 0.6) is 17.2 Å². The average molecular weight is 595 g/mol. The SMILES string of the molecule is Nc1ccc2c(c1)O/C(=C\C=C\COc1cc([N+](=O)[O-])ccc1NCCOc1ccccc1)N2CCOC1=CC=CC=CC1. The summed E-state index contributed by atoms with van der Waals surface area (Å²) >= 11 is 0. The maximum atomic E-state index is 11.4. The first-order valence-corrected chi connectivity index (χ1v) is 14.3. The summed E-state index contributed by atoms with van der Waals surface area (Å²) in [6.07, 6.45) is 16.2. The zero-order valence-electron chi connectivity index (χ0n) is 24.1. The molecule has 3 N–H and O–H groups in total. The van der Waals surface area contributed by atoms with Crippen molar-refractivity contribution >= 4 is 22.7 Å². The van der Waals surface area contributed by atoms with Gasteiger partial charge in [-0.2, -0.15) is 0 Å². The molecule has 0 bridgehead atoms. The number of nitrogen functional groups attached to an aromatic ring is 1. The highest BCUT2D eigenvalue weighted by atomic mass is 16.6. The van der Waals surface area contributed by atoms with Gasteiger partial charge in [0, 0.05) is 30.8 Å². The molecule has 1 aliphatic carbocycles. The Labute approximate surface area is 256 Å². The van der Waals surface area contributed by atoms with Crippen LogP contribution >= 0.6 is 0 Å². The average Bonchev–Trinajstić information content (AvgIpc) is 3.17. The number of non-ortho nitro benzene ring substituents is 1. The highest BCUT2D eigenvalue weighted by Gasteiger charge is 2.26. The number of nitro benzene ring substituents is 1. The van der Waals surface area contributed by atoms with Crippen LogP contribution in [0.15, 0.2) is 127 Å². The first-order valence-electron chi connectivity index (χ1n) is 14.3. The Bertz CT molecular complexity index is 1600. The number of hydrogen-bond acceptors (Lipinski definition) is 9. The molecular formula is C34H34N4O6. The van der Waals surface area contributed by atoms with Crippen molar-refractivity contribution < 1.29 is 23.9 Å². The van der Waals surface area contributed by atoms with Crippen LogP contribution in [-0.2, 0) is 4.74 Å². The molecule has 3 aromatic rings. The van der Waals surface area contributed by atoms with Crippen LogP contribution in [0.4, 0.5) is 22.7 Å². The molecule has 0 fully saturated rings. The van der Waals surface area contributed by atoms with Gasteiger partial charge in [-0.1, -0.05) is 48.6 Å².